The van der Waals surface area contributed by atoms with Crippen LogP contribution < -0.4 is 0 Å². The van der Waals surface area contributed by atoms with Gasteiger partial charge in [-0.25, -0.2) is 20.1 Å². The molecule has 2 aliphatic heterocycles. The SMILES string of the molecule is O=[N+]([O-])c1cc2cc3nc(cc4nc(cc5c(-c6ccccc6)c([N+](=O)[O-])c(c([N+](=O)[O-])c1[nH]2)n5[N+](=O)[O-])C=C4)C=C3.[Fe]. The molecule has 0 fully saturated rings. The van der Waals surface area contributed by atoms with E-state index in [9.17, 15) is 40.5 Å². The summed E-state index contributed by atoms with van der Waals surface area (Å²) in [6.45, 7) is 0. The van der Waals surface area contributed by atoms with E-state index < -0.39 is 53.4 Å². The first-order valence-electron chi connectivity index (χ1n) is 12.0. The van der Waals surface area contributed by atoms with Gasteiger partial charge in [0.15, 0.2) is 10.5 Å². The molecule has 0 atom stereocenters. The number of hydrogen-bond acceptors (Lipinski definition) is 10. The average molecular weight is 622 g/mol. The number of fused-ring (bicyclic) bond motifs is 8. The summed E-state index contributed by atoms with van der Waals surface area (Å²) in [7, 11) is 0. The maximum absolute atomic E-state index is 12.6. The molecule has 4 aromatic rings. The first-order valence-corrected chi connectivity index (χ1v) is 12.0. The van der Waals surface area contributed by atoms with Crippen LogP contribution in [0.3, 0.4) is 0 Å². The third kappa shape index (κ3) is 4.90. The Labute approximate surface area is 248 Å². The predicted molar refractivity (Wildman–Crippen MR) is 150 cm³/mol. The number of nitro groups is 4. The first-order chi connectivity index (χ1) is 20.1. The molecule has 1 N–H and O–H groups in total. The monoisotopic (exact) mass is 622 g/mol. The van der Waals surface area contributed by atoms with Crippen LogP contribution in [0.25, 0.3) is 57.5 Å². The number of nitrogens with one attached hydrogen (secondary N) is 1. The largest absolute Gasteiger partial charge is 0.344 e. The normalized spacial score (nSPS) is 11.6. The van der Waals surface area contributed by atoms with Crippen LogP contribution in [0.2, 0.25) is 0 Å². The summed E-state index contributed by atoms with van der Waals surface area (Å²) in [5, 5.41) is 48.8. The molecule has 6 rings (SSSR count). The predicted octanol–water partition coefficient (Wildman–Crippen LogP) is 5.56. The van der Waals surface area contributed by atoms with E-state index in [1.165, 1.54) is 42.5 Å². The molecule has 3 aromatic heterocycles. The van der Waals surface area contributed by atoms with Crippen molar-refractivity contribution in [3.8, 4) is 11.1 Å². The summed E-state index contributed by atoms with van der Waals surface area (Å²) in [5.74, 6) is 0. The standard InChI is InChI=1S/C26H14N8O8.Fe/c35-31(36)21-13-19-11-17-7-6-15(27-17)10-16-8-9-18(28-16)12-20-22(14-4-2-1-3-5-14)24(32(37)38)26(30(20)34(41)42)25(33(39)40)23(21)29-19;/h1-13,29H;. The number of benzene rings is 1. The Balaban J connectivity index is 0.00000368. The Hall–Kier alpha value is -6.06. The molecule has 16 nitrogen and oxygen atoms in total. The Morgan fingerprint density at radius 1 is 0.674 bits per heavy atom. The maximum atomic E-state index is 12.6. The van der Waals surface area contributed by atoms with Gasteiger partial charge in [0.2, 0.25) is 0 Å². The van der Waals surface area contributed by atoms with Crippen LogP contribution in [0.1, 0.15) is 22.8 Å². The van der Waals surface area contributed by atoms with Crippen molar-refractivity contribution in [2.45, 2.75) is 0 Å². The van der Waals surface area contributed by atoms with Crippen LogP contribution in [0.5, 0.6) is 0 Å². The number of rotatable bonds is 5. The Morgan fingerprint density at radius 3 is 1.77 bits per heavy atom. The van der Waals surface area contributed by atoms with E-state index in [0.29, 0.717) is 17.1 Å². The topological polar surface area (TPSA) is 219 Å². The molecule has 0 spiro atoms. The van der Waals surface area contributed by atoms with Gasteiger partial charge in [-0.2, -0.15) is 0 Å². The van der Waals surface area contributed by atoms with Crippen molar-refractivity contribution < 1.29 is 36.9 Å². The van der Waals surface area contributed by atoms with Gasteiger partial charge in [-0.1, -0.05) is 30.3 Å². The van der Waals surface area contributed by atoms with Crippen molar-refractivity contribution in [1.29, 1.82) is 0 Å². The van der Waals surface area contributed by atoms with Gasteiger partial charge < -0.3 is 4.98 Å². The van der Waals surface area contributed by atoms with Crippen molar-refractivity contribution in [2.75, 3.05) is 0 Å². The molecule has 43 heavy (non-hydrogen) atoms. The van der Waals surface area contributed by atoms with Crippen LogP contribution >= 0.6 is 0 Å². The first kappa shape index (κ1) is 28.5. The summed E-state index contributed by atoms with van der Waals surface area (Å²) in [6, 6.07) is 12.7. The Morgan fingerprint density at radius 2 is 1.23 bits per heavy atom. The fraction of sp³-hybridized carbons (Fsp3) is 0. The van der Waals surface area contributed by atoms with Gasteiger partial charge in [0.25, 0.3) is 5.52 Å². The third-order valence-electron chi connectivity index (χ3n) is 6.47. The van der Waals surface area contributed by atoms with Gasteiger partial charge in [0.05, 0.1) is 43.1 Å². The van der Waals surface area contributed by atoms with E-state index in [0.717, 1.165) is 6.07 Å². The van der Waals surface area contributed by atoms with Crippen molar-refractivity contribution >= 4 is 63.4 Å². The van der Waals surface area contributed by atoms with Crippen LogP contribution in [-0.2, 0) is 17.1 Å². The van der Waals surface area contributed by atoms with Crippen LogP contribution in [0, 0.1) is 40.5 Å². The second-order valence-electron chi connectivity index (χ2n) is 9.00. The summed E-state index contributed by atoms with van der Waals surface area (Å²) in [6.07, 6.45) is 6.38. The number of nitrogens with zero attached hydrogens (tertiary/aromatic N) is 7. The molecule has 2 aliphatic rings. The summed E-state index contributed by atoms with van der Waals surface area (Å²) < 4.78 is 0.195. The molecule has 0 amide bonds. The van der Waals surface area contributed by atoms with Gasteiger partial charge in [-0.3, -0.25) is 30.3 Å². The zero-order valence-corrected chi connectivity index (χ0v) is 22.4. The third-order valence-corrected chi connectivity index (χ3v) is 6.47. The summed E-state index contributed by atoms with van der Waals surface area (Å²) in [5.41, 5.74) is -4.09. The Bertz CT molecular complexity index is 2120. The van der Waals surface area contributed by atoms with Crippen LogP contribution in [-0.4, -0.2) is 39.4 Å². The molecule has 0 saturated carbocycles. The van der Waals surface area contributed by atoms with Crippen molar-refractivity contribution in [1.82, 2.24) is 19.6 Å². The minimum absolute atomic E-state index is 0. The molecule has 0 radical (unpaired) electrons. The number of aromatic amines is 1. The smallest absolute Gasteiger partial charge is 0.336 e. The van der Waals surface area contributed by atoms with Crippen molar-refractivity contribution in [3.05, 3.63) is 118 Å². The molecule has 5 heterocycles. The second kappa shape index (κ2) is 10.7. The Kier molecular flexibility index (Phi) is 7.10. The van der Waals surface area contributed by atoms with Gasteiger partial charge in [-0.15, -0.1) is 0 Å². The van der Waals surface area contributed by atoms with E-state index in [2.05, 4.69) is 15.0 Å². The molecule has 0 saturated heterocycles. The van der Waals surface area contributed by atoms with Crippen molar-refractivity contribution in [2.24, 2.45) is 0 Å². The van der Waals surface area contributed by atoms with Gasteiger partial charge in [-0.05, 0) is 52.7 Å². The van der Waals surface area contributed by atoms with E-state index in [-0.39, 0.29) is 44.1 Å². The minimum atomic E-state index is -1.24. The summed E-state index contributed by atoms with van der Waals surface area (Å²) in [4.78, 5) is 58.2. The van der Waals surface area contributed by atoms with E-state index in [1.807, 2.05) is 0 Å². The van der Waals surface area contributed by atoms with E-state index >= 15 is 0 Å². The number of hydrogen-bond donors (Lipinski definition) is 1. The van der Waals surface area contributed by atoms with Gasteiger partial charge >= 0.3 is 17.1 Å². The molecule has 1 aromatic carbocycles. The fourth-order valence-corrected chi connectivity index (χ4v) is 4.87. The maximum Gasteiger partial charge on any atom is 0.336 e. The molecular weight excluding hydrogens is 608 g/mol. The molecule has 17 heteroatoms. The van der Waals surface area contributed by atoms with E-state index in [4.69, 9.17) is 0 Å². The van der Waals surface area contributed by atoms with E-state index in [1.54, 1.807) is 30.4 Å². The summed E-state index contributed by atoms with van der Waals surface area (Å²) >= 11 is 0. The zero-order valence-electron chi connectivity index (χ0n) is 21.3. The molecule has 8 bridgehead atoms. The van der Waals surface area contributed by atoms with Crippen LogP contribution in [0.15, 0.2) is 54.6 Å². The molecular formula is C26H14FeN8O8. The van der Waals surface area contributed by atoms with Gasteiger partial charge in [0.1, 0.15) is 5.52 Å². The number of aromatic nitrogens is 4. The second-order valence-corrected chi connectivity index (χ2v) is 9.00. The fourth-order valence-electron chi connectivity index (χ4n) is 4.87. The molecule has 214 valence electrons. The van der Waals surface area contributed by atoms with Crippen LogP contribution in [0.4, 0.5) is 17.1 Å². The quantitative estimate of drug-likeness (QED) is 0.143. The number of H-pyrrole nitrogens is 1. The molecule has 0 aliphatic carbocycles. The minimum Gasteiger partial charge on any atom is -0.344 e. The van der Waals surface area contributed by atoms with Gasteiger partial charge in [0, 0.05) is 28.7 Å². The van der Waals surface area contributed by atoms with Crippen molar-refractivity contribution in [3.63, 3.8) is 0 Å². The average Bonchev–Trinajstić information content (AvgIpc) is 3.71. The molecule has 0 unspecified atom stereocenters. The zero-order chi connectivity index (χ0) is 29.7.